The summed E-state index contributed by atoms with van der Waals surface area (Å²) in [4.78, 5) is 16.2. The first kappa shape index (κ1) is 22.3. The molecule has 0 spiro atoms. The molecule has 13 nitrogen and oxygen atoms in total. The number of hydrogen-bond acceptors (Lipinski definition) is 12. The first-order chi connectivity index (χ1) is 15.8. The van der Waals surface area contributed by atoms with Gasteiger partial charge in [0.1, 0.15) is 29.7 Å². The summed E-state index contributed by atoms with van der Waals surface area (Å²) in [6.45, 7) is 1.23. The second-order valence-electron chi connectivity index (χ2n) is 8.02. The van der Waals surface area contributed by atoms with Crippen molar-refractivity contribution in [2.75, 3.05) is 18.9 Å². The molecule has 4 N–H and O–H groups in total. The van der Waals surface area contributed by atoms with Crippen molar-refractivity contribution in [3.63, 3.8) is 0 Å². The van der Waals surface area contributed by atoms with Gasteiger partial charge in [-0.2, -0.15) is 0 Å². The van der Waals surface area contributed by atoms with Crippen LogP contribution in [0.25, 0.3) is 11.2 Å². The van der Waals surface area contributed by atoms with Crippen molar-refractivity contribution in [3.8, 4) is 0 Å². The van der Waals surface area contributed by atoms with Gasteiger partial charge in [-0.15, -0.1) is 0 Å². The van der Waals surface area contributed by atoms with Crippen LogP contribution < -0.4 is 5.73 Å². The van der Waals surface area contributed by atoms with Gasteiger partial charge in [0, 0.05) is 18.8 Å². The maximum Gasteiger partial charge on any atom is 0.475 e. The molecule has 14 heteroatoms. The molecule has 6 atom stereocenters. The summed E-state index contributed by atoms with van der Waals surface area (Å²) >= 11 is 0. The number of rotatable bonds is 5. The number of pyridine rings is 1. The lowest BCUT2D eigenvalue weighted by molar-refractivity contribution is -0.0953. The van der Waals surface area contributed by atoms with Gasteiger partial charge in [0.05, 0.1) is 25.6 Å². The molecule has 2 aliphatic heterocycles. The van der Waals surface area contributed by atoms with Crippen LogP contribution in [0.4, 0.5) is 5.82 Å². The molecule has 3 aromatic heterocycles. The number of phosphoric acid groups is 1. The normalized spacial score (nSPS) is 34.6. The molecule has 0 saturated carbocycles. The zero-order valence-corrected chi connectivity index (χ0v) is 18.5. The van der Waals surface area contributed by atoms with E-state index in [2.05, 4.69) is 19.9 Å². The van der Waals surface area contributed by atoms with Crippen molar-refractivity contribution in [2.45, 2.75) is 43.5 Å². The maximum absolute atomic E-state index is 13.0. The quantitative estimate of drug-likeness (QED) is 0.446. The Morgan fingerprint density at radius 3 is 2.91 bits per heavy atom. The van der Waals surface area contributed by atoms with Crippen molar-refractivity contribution in [2.24, 2.45) is 0 Å². The Morgan fingerprint density at radius 1 is 1.33 bits per heavy atom. The molecular formula is C19H23N6O7P. The van der Waals surface area contributed by atoms with E-state index in [1.54, 1.807) is 24.5 Å². The Morgan fingerprint density at radius 2 is 2.12 bits per heavy atom. The minimum absolute atomic E-state index is 0.167. The van der Waals surface area contributed by atoms with E-state index in [1.165, 1.54) is 24.1 Å². The molecule has 0 aliphatic carbocycles. The van der Waals surface area contributed by atoms with E-state index in [0.29, 0.717) is 17.6 Å². The molecule has 0 radical (unpaired) electrons. The number of nitrogens with two attached hydrogens (primary N) is 1. The van der Waals surface area contributed by atoms with Gasteiger partial charge >= 0.3 is 7.82 Å². The number of aromatic nitrogens is 5. The third-order valence-electron chi connectivity index (χ3n) is 5.75. The zero-order valence-electron chi connectivity index (χ0n) is 17.6. The lowest BCUT2D eigenvalue weighted by Crippen LogP contribution is -2.44. The van der Waals surface area contributed by atoms with Crippen LogP contribution in [0.1, 0.15) is 31.2 Å². The van der Waals surface area contributed by atoms with Gasteiger partial charge in [0.25, 0.3) is 0 Å². The van der Waals surface area contributed by atoms with E-state index in [9.17, 15) is 14.8 Å². The summed E-state index contributed by atoms with van der Waals surface area (Å²) in [7, 11) is -3.93. The monoisotopic (exact) mass is 478 g/mol. The number of fused-ring (bicyclic) bond motifs is 1. The molecule has 0 aromatic carbocycles. The highest BCUT2D eigenvalue weighted by atomic mass is 31.2. The summed E-state index contributed by atoms with van der Waals surface area (Å²) in [5, 5.41) is 21.7. The largest absolute Gasteiger partial charge is 0.475 e. The molecule has 2 saturated heterocycles. The Kier molecular flexibility index (Phi) is 5.65. The Balaban J connectivity index is 1.31. The average molecular weight is 478 g/mol. The second-order valence-corrected chi connectivity index (χ2v) is 9.64. The molecule has 1 unspecified atom stereocenters. The Hall–Kier alpha value is -2.51. The summed E-state index contributed by atoms with van der Waals surface area (Å²) < 4.78 is 36.7. The zero-order chi connectivity index (χ0) is 23.2. The van der Waals surface area contributed by atoms with Crippen LogP contribution in [0.2, 0.25) is 0 Å². The minimum Gasteiger partial charge on any atom is -0.387 e. The van der Waals surface area contributed by atoms with Crippen LogP contribution in [0.15, 0.2) is 37.2 Å². The molecule has 176 valence electrons. The molecule has 33 heavy (non-hydrogen) atoms. The van der Waals surface area contributed by atoms with E-state index in [1.807, 2.05) is 0 Å². The number of aliphatic hydroxyl groups is 2. The maximum atomic E-state index is 13.0. The van der Waals surface area contributed by atoms with Crippen LogP contribution in [0.5, 0.6) is 0 Å². The lowest BCUT2D eigenvalue weighted by atomic mass is 9.96. The van der Waals surface area contributed by atoms with Gasteiger partial charge in [-0.05, 0) is 24.6 Å². The highest BCUT2D eigenvalue weighted by molar-refractivity contribution is 7.48. The standard InChI is InChI=1S/C19H23N6O7P/c1-19(27)15(26)13(31-18(19)25-10-24-14-16(20)22-9-23-17(14)25)8-30-33(28)29-7-4-12(32-33)11-2-5-21-6-3-11/h2-3,5-6,9-10,12-13,15,18,26-27H,4,7-8H2,1H3,(H2,20,22,23)/t12-,13-,15-,18-,19-,33?/m1/s1. The highest BCUT2D eigenvalue weighted by Gasteiger charge is 2.54. The number of hydrogen-bond donors (Lipinski definition) is 3. The van der Waals surface area contributed by atoms with Gasteiger partial charge in [-0.1, -0.05) is 0 Å². The summed E-state index contributed by atoms with van der Waals surface area (Å²) in [6, 6.07) is 3.52. The molecule has 5 heterocycles. The van der Waals surface area contributed by atoms with Gasteiger partial charge in [-0.3, -0.25) is 23.1 Å². The van der Waals surface area contributed by atoms with Gasteiger partial charge in [0.2, 0.25) is 0 Å². The molecule has 0 bridgehead atoms. The van der Waals surface area contributed by atoms with E-state index < -0.39 is 38.0 Å². The molecule has 2 aliphatic rings. The number of phosphoric ester groups is 1. The third-order valence-corrected chi connectivity index (χ3v) is 7.23. The van der Waals surface area contributed by atoms with Gasteiger partial charge < -0.3 is 20.7 Å². The molecular weight excluding hydrogens is 455 g/mol. The number of ether oxygens (including phenoxy) is 1. The Bertz CT molecular complexity index is 1190. The number of imidazole rings is 1. The van der Waals surface area contributed by atoms with Crippen molar-refractivity contribution < 1.29 is 33.1 Å². The fraction of sp³-hybridized carbons (Fsp3) is 0.474. The second kappa shape index (κ2) is 8.37. The van der Waals surface area contributed by atoms with E-state index in [0.717, 1.165) is 5.56 Å². The van der Waals surface area contributed by atoms with Crippen LogP contribution in [0.3, 0.4) is 0 Å². The SMILES string of the molecule is C[C@@]1(O)[C@H](O)[C@@H](COP2(=O)OCC[C@H](c3ccncc3)O2)O[C@H]1n1cnc2c(N)ncnc21. The number of nitrogens with zero attached hydrogens (tertiary/aromatic N) is 5. The summed E-state index contributed by atoms with van der Waals surface area (Å²) in [6.07, 6.45) is 2.40. The number of aliphatic hydroxyl groups excluding tert-OH is 1. The molecule has 5 rings (SSSR count). The topological polar surface area (TPSA) is 177 Å². The van der Waals surface area contributed by atoms with Gasteiger partial charge in [-0.25, -0.2) is 19.5 Å². The summed E-state index contributed by atoms with van der Waals surface area (Å²) in [5.41, 5.74) is 5.54. The van der Waals surface area contributed by atoms with Crippen LogP contribution in [-0.4, -0.2) is 65.7 Å². The van der Waals surface area contributed by atoms with Crippen molar-refractivity contribution in [1.29, 1.82) is 0 Å². The van der Waals surface area contributed by atoms with Gasteiger partial charge in [0.15, 0.2) is 17.7 Å². The van der Waals surface area contributed by atoms with Crippen molar-refractivity contribution >= 4 is 24.8 Å². The lowest BCUT2D eigenvalue weighted by Gasteiger charge is -2.30. The molecule has 3 aromatic rings. The fourth-order valence-corrected chi connectivity index (χ4v) is 5.36. The first-order valence-corrected chi connectivity index (χ1v) is 11.7. The van der Waals surface area contributed by atoms with E-state index in [-0.39, 0.29) is 19.0 Å². The van der Waals surface area contributed by atoms with E-state index in [4.69, 9.17) is 24.0 Å². The number of nitrogen functional groups attached to an aromatic ring is 1. The molecule has 2 fully saturated rings. The van der Waals surface area contributed by atoms with Crippen LogP contribution >= 0.6 is 7.82 Å². The average Bonchev–Trinajstić information content (AvgIpc) is 3.33. The van der Waals surface area contributed by atoms with Crippen LogP contribution in [-0.2, 0) is 22.9 Å². The third kappa shape index (κ3) is 4.02. The summed E-state index contributed by atoms with van der Waals surface area (Å²) in [5.74, 6) is 0.172. The highest BCUT2D eigenvalue weighted by Crippen LogP contribution is 2.57. The minimum atomic E-state index is -3.93. The molecule has 0 amide bonds. The van der Waals surface area contributed by atoms with Crippen molar-refractivity contribution in [3.05, 3.63) is 42.7 Å². The number of anilines is 1. The predicted molar refractivity (Wildman–Crippen MR) is 112 cm³/mol. The first-order valence-electron chi connectivity index (χ1n) is 10.2. The van der Waals surface area contributed by atoms with Crippen molar-refractivity contribution in [1.82, 2.24) is 24.5 Å². The van der Waals surface area contributed by atoms with E-state index >= 15 is 0 Å². The smallest absolute Gasteiger partial charge is 0.387 e. The fourth-order valence-electron chi connectivity index (χ4n) is 3.97. The Labute approximate surface area is 188 Å². The predicted octanol–water partition coefficient (Wildman–Crippen LogP) is 1.12. The van der Waals surface area contributed by atoms with Crippen LogP contribution in [0, 0.1) is 0 Å².